The lowest BCUT2D eigenvalue weighted by molar-refractivity contribution is -0.116. The predicted octanol–water partition coefficient (Wildman–Crippen LogP) is 1.56. The summed E-state index contributed by atoms with van der Waals surface area (Å²) >= 11 is 0. The molecule has 0 radical (unpaired) electrons. The number of ether oxygens (including phenoxy) is 1. The molecule has 1 amide bonds. The van der Waals surface area contributed by atoms with Crippen LogP contribution in [0.1, 0.15) is 18.9 Å². The fourth-order valence-electron chi connectivity index (χ4n) is 1.83. The first-order valence-corrected chi connectivity index (χ1v) is 6.06. The summed E-state index contributed by atoms with van der Waals surface area (Å²) < 4.78 is 5.50. The Morgan fingerprint density at radius 2 is 2.35 bits per heavy atom. The molecule has 1 aromatic carbocycles. The van der Waals surface area contributed by atoms with Crippen molar-refractivity contribution in [1.29, 1.82) is 0 Å². The molecule has 4 heteroatoms. The first-order valence-electron chi connectivity index (χ1n) is 6.06. The molecule has 0 bridgehead atoms. The zero-order valence-electron chi connectivity index (χ0n) is 10.1. The Morgan fingerprint density at radius 1 is 1.47 bits per heavy atom. The lowest BCUT2D eigenvalue weighted by Gasteiger charge is -2.09. The molecule has 0 spiro atoms. The molecule has 0 aliphatic carbocycles. The van der Waals surface area contributed by atoms with Gasteiger partial charge in [-0.1, -0.05) is 13.0 Å². The van der Waals surface area contributed by atoms with Crippen LogP contribution in [0.2, 0.25) is 0 Å². The van der Waals surface area contributed by atoms with Crippen LogP contribution in [-0.4, -0.2) is 25.6 Å². The number of benzene rings is 1. The van der Waals surface area contributed by atoms with Gasteiger partial charge in [0.25, 0.3) is 0 Å². The smallest absolute Gasteiger partial charge is 0.227 e. The fourth-order valence-corrected chi connectivity index (χ4v) is 1.83. The van der Waals surface area contributed by atoms with E-state index in [0.717, 1.165) is 30.9 Å². The van der Waals surface area contributed by atoms with Crippen LogP contribution < -0.4 is 15.4 Å². The molecule has 17 heavy (non-hydrogen) atoms. The molecular weight excluding hydrogens is 216 g/mol. The van der Waals surface area contributed by atoms with Crippen molar-refractivity contribution >= 4 is 11.6 Å². The number of rotatable bonds is 4. The van der Waals surface area contributed by atoms with Gasteiger partial charge in [0.2, 0.25) is 5.91 Å². The maximum atomic E-state index is 11.4. The molecule has 1 aromatic rings. The van der Waals surface area contributed by atoms with Crippen molar-refractivity contribution in [3.8, 4) is 5.75 Å². The van der Waals surface area contributed by atoms with Crippen LogP contribution in [0.5, 0.6) is 5.75 Å². The standard InChI is InChI=1S/C13H18N2O2/c1-2-14-7-5-10-3-4-12-11(9-10)15-13(16)6-8-17-12/h3-4,9,14H,2,5-8H2,1H3,(H,15,16). The van der Waals surface area contributed by atoms with E-state index < -0.39 is 0 Å². The largest absolute Gasteiger partial charge is 0.491 e. The van der Waals surface area contributed by atoms with Gasteiger partial charge in [-0.3, -0.25) is 4.79 Å². The minimum absolute atomic E-state index is 0.0209. The van der Waals surface area contributed by atoms with Gasteiger partial charge in [0.1, 0.15) is 5.75 Å². The van der Waals surface area contributed by atoms with Crippen LogP contribution in [0.25, 0.3) is 0 Å². The van der Waals surface area contributed by atoms with E-state index >= 15 is 0 Å². The molecule has 0 unspecified atom stereocenters. The minimum atomic E-state index is 0.0209. The van der Waals surface area contributed by atoms with Crippen molar-refractivity contribution < 1.29 is 9.53 Å². The van der Waals surface area contributed by atoms with E-state index in [-0.39, 0.29) is 5.91 Å². The Hall–Kier alpha value is -1.55. The fraction of sp³-hybridized carbons (Fsp3) is 0.462. The highest BCUT2D eigenvalue weighted by Crippen LogP contribution is 2.28. The van der Waals surface area contributed by atoms with E-state index in [2.05, 4.69) is 17.6 Å². The molecule has 0 fully saturated rings. The minimum Gasteiger partial charge on any atom is -0.491 e. The highest BCUT2D eigenvalue weighted by molar-refractivity contribution is 5.93. The lowest BCUT2D eigenvalue weighted by atomic mass is 10.1. The quantitative estimate of drug-likeness (QED) is 0.777. The zero-order valence-corrected chi connectivity index (χ0v) is 10.1. The van der Waals surface area contributed by atoms with Gasteiger partial charge >= 0.3 is 0 Å². The van der Waals surface area contributed by atoms with Gasteiger partial charge in [-0.15, -0.1) is 0 Å². The topological polar surface area (TPSA) is 50.4 Å². The highest BCUT2D eigenvalue weighted by atomic mass is 16.5. The molecule has 0 saturated carbocycles. The molecule has 92 valence electrons. The summed E-state index contributed by atoms with van der Waals surface area (Å²) in [7, 11) is 0. The number of carbonyl (C=O) groups is 1. The first kappa shape index (κ1) is 11.9. The molecule has 0 aromatic heterocycles. The Balaban J connectivity index is 2.09. The summed E-state index contributed by atoms with van der Waals surface area (Å²) in [5, 5.41) is 6.15. The normalized spacial score (nSPS) is 14.5. The molecule has 4 nitrogen and oxygen atoms in total. The average Bonchev–Trinajstić information content (AvgIpc) is 2.49. The van der Waals surface area contributed by atoms with Crippen molar-refractivity contribution in [2.24, 2.45) is 0 Å². The Morgan fingerprint density at radius 3 is 3.18 bits per heavy atom. The molecule has 1 aliphatic heterocycles. The molecule has 2 N–H and O–H groups in total. The van der Waals surface area contributed by atoms with Gasteiger partial charge in [-0.05, 0) is 37.2 Å². The molecule has 1 aliphatic rings. The van der Waals surface area contributed by atoms with E-state index in [1.807, 2.05) is 18.2 Å². The van der Waals surface area contributed by atoms with E-state index in [9.17, 15) is 4.79 Å². The van der Waals surface area contributed by atoms with Crippen molar-refractivity contribution in [2.75, 3.05) is 25.0 Å². The molecule has 1 heterocycles. The zero-order chi connectivity index (χ0) is 12.1. The second kappa shape index (κ2) is 5.68. The third-order valence-electron chi connectivity index (χ3n) is 2.75. The number of carbonyl (C=O) groups excluding carboxylic acids is 1. The van der Waals surface area contributed by atoms with Crippen LogP contribution in [0.3, 0.4) is 0 Å². The van der Waals surface area contributed by atoms with Crippen molar-refractivity contribution in [3.05, 3.63) is 23.8 Å². The lowest BCUT2D eigenvalue weighted by Crippen LogP contribution is -2.16. The van der Waals surface area contributed by atoms with Crippen molar-refractivity contribution in [2.45, 2.75) is 19.8 Å². The van der Waals surface area contributed by atoms with Crippen LogP contribution >= 0.6 is 0 Å². The summed E-state index contributed by atoms with van der Waals surface area (Å²) in [6.45, 7) is 4.47. The highest BCUT2D eigenvalue weighted by Gasteiger charge is 2.13. The van der Waals surface area contributed by atoms with Crippen LogP contribution in [-0.2, 0) is 11.2 Å². The van der Waals surface area contributed by atoms with E-state index in [1.165, 1.54) is 5.56 Å². The average molecular weight is 234 g/mol. The van der Waals surface area contributed by atoms with Crippen LogP contribution in [0.15, 0.2) is 18.2 Å². The Labute approximate surface area is 101 Å². The van der Waals surface area contributed by atoms with E-state index in [1.54, 1.807) is 0 Å². The van der Waals surface area contributed by atoms with Crippen LogP contribution in [0, 0.1) is 0 Å². The van der Waals surface area contributed by atoms with Crippen molar-refractivity contribution in [3.63, 3.8) is 0 Å². The monoisotopic (exact) mass is 234 g/mol. The van der Waals surface area contributed by atoms with Crippen LogP contribution in [0.4, 0.5) is 5.69 Å². The van der Waals surface area contributed by atoms with Gasteiger partial charge in [-0.25, -0.2) is 0 Å². The maximum Gasteiger partial charge on any atom is 0.227 e. The molecular formula is C13H18N2O2. The van der Waals surface area contributed by atoms with E-state index in [0.29, 0.717) is 13.0 Å². The number of anilines is 1. The molecule has 0 saturated heterocycles. The van der Waals surface area contributed by atoms with E-state index in [4.69, 9.17) is 4.74 Å². The summed E-state index contributed by atoms with van der Waals surface area (Å²) in [6, 6.07) is 5.98. The first-order chi connectivity index (χ1) is 8.29. The second-order valence-electron chi connectivity index (χ2n) is 4.08. The number of nitrogens with one attached hydrogen (secondary N) is 2. The summed E-state index contributed by atoms with van der Waals surface area (Å²) in [6.07, 6.45) is 1.37. The second-order valence-corrected chi connectivity index (χ2v) is 4.08. The third-order valence-corrected chi connectivity index (χ3v) is 2.75. The number of hydrogen-bond acceptors (Lipinski definition) is 3. The Bertz CT molecular complexity index is 404. The van der Waals surface area contributed by atoms with Gasteiger partial charge in [0.05, 0.1) is 18.7 Å². The number of amides is 1. The SMILES string of the molecule is CCNCCc1ccc2c(c1)NC(=O)CCO2. The molecule has 2 rings (SSSR count). The number of hydrogen-bond donors (Lipinski definition) is 2. The molecule has 0 atom stereocenters. The third kappa shape index (κ3) is 3.20. The number of likely N-dealkylation sites (N-methyl/N-ethyl adjacent to an activating group) is 1. The van der Waals surface area contributed by atoms with Gasteiger partial charge in [0.15, 0.2) is 0 Å². The van der Waals surface area contributed by atoms with Gasteiger partial charge < -0.3 is 15.4 Å². The summed E-state index contributed by atoms with van der Waals surface area (Å²) in [5.74, 6) is 0.788. The maximum absolute atomic E-state index is 11.4. The summed E-state index contributed by atoms with van der Waals surface area (Å²) in [4.78, 5) is 11.4. The van der Waals surface area contributed by atoms with Crippen molar-refractivity contribution in [1.82, 2.24) is 5.32 Å². The van der Waals surface area contributed by atoms with Gasteiger partial charge in [-0.2, -0.15) is 0 Å². The number of fused-ring (bicyclic) bond motifs is 1. The van der Waals surface area contributed by atoms with Gasteiger partial charge in [0, 0.05) is 0 Å². The predicted molar refractivity (Wildman–Crippen MR) is 67.4 cm³/mol. The Kier molecular flexibility index (Phi) is 3.98. The summed E-state index contributed by atoms with van der Waals surface area (Å²) in [5.41, 5.74) is 2.00.